The summed E-state index contributed by atoms with van der Waals surface area (Å²) < 4.78 is 47.9. The van der Waals surface area contributed by atoms with Gasteiger partial charge in [0.05, 0.1) is 46.4 Å². The van der Waals surface area contributed by atoms with Crippen LogP contribution < -0.4 is 20.1 Å². The number of anilines is 1. The van der Waals surface area contributed by atoms with E-state index in [1.54, 1.807) is 23.6 Å². The molecule has 2 aromatic heterocycles. The number of para-hydroxylation sites is 1. The highest BCUT2D eigenvalue weighted by atomic mass is 31.2. The van der Waals surface area contributed by atoms with Gasteiger partial charge < -0.3 is 29.2 Å². The largest absolute Gasteiger partial charge is 0.479 e. The van der Waals surface area contributed by atoms with Crippen LogP contribution in [0.1, 0.15) is 36.9 Å². The number of aromatic nitrogens is 4. The third kappa shape index (κ3) is 6.14. The molecule has 1 saturated heterocycles. The van der Waals surface area contributed by atoms with E-state index < -0.39 is 43.5 Å². The van der Waals surface area contributed by atoms with Gasteiger partial charge >= 0.3 is 19.7 Å². The standard InChI is InChI=1S/C25H30N7O9P/c1-14(21(33)37-4)31-42(35,41-17-9-7-6-8-16(17)22(34)38-5)39-11-15-10-25(2,12-26)23(40-15)32-13-28-18-19(32)29-24(27)30-20(18)36-3/h6-9,13-15,23H,10-11H2,1-5H3,(H,31,35)(H2,27,29,30)/t14-,15?,23?,25?,42?/m0/s1. The molecule has 0 amide bonds. The molecule has 42 heavy (non-hydrogen) atoms. The zero-order valence-corrected chi connectivity index (χ0v) is 24.4. The molecule has 3 heterocycles. The average molecular weight is 604 g/mol. The summed E-state index contributed by atoms with van der Waals surface area (Å²) in [4.78, 5) is 36.9. The maximum absolute atomic E-state index is 14.0. The third-order valence-electron chi connectivity index (χ3n) is 6.47. The van der Waals surface area contributed by atoms with Gasteiger partial charge in [0.2, 0.25) is 11.8 Å². The minimum atomic E-state index is -4.37. The fraction of sp³-hybridized carbons (Fsp3) is 0.440. The number of hydrogen-bond donors (Lipinski definition) is 2. The van der Waals surface area contributed by atoms with E-state index >= 15 is 0 Å². The van der Waals surface area contributed by atoms with E-state index in [-0.39, 0.29) is 41.8 Å². The van der Waals surface area contributed by atoms with Gasteiger partial charge in [0.1, 0.15) is 22.8 Å². The highest BCUT2D eigenvalue weighted by molar-refractivity contribution is 7.52. The average Bonchev–Trinajstić information content (AvgIpc) is 3.55. The Labute approximate surface area is 240 Å². The van der Waals surface area contributed by atoms with E-state index in [2.05, 4.69) is 26.1 Å². The second-order valence-electron chi connectivity index (χ2n) is 9.51. The van der Waals surface area contributed by atoms with Gasteiger partial charge in [-0.15, -0.1) is 0 Å². The zero-order valence-electron chi connectivity index (χ0n) is 23.5. The molecule has 4 rings (SSSR count). The van der Waals surface area contributed by atoms with Gasteiger partial charge in [-0.3, -0.25) is 13.9 Å². The molecule has 0 aliphatic carbocycles. The number of nitrogens with two attached hydrogens (primary N) is 1. The van der Waals surface area contributed by atoms with Crippen molar-refractivity contribution in [3.63, 3.8) is 0 Å². The van der Waals surface area contributed by atoms with Crippen molar-refractivity contribution in [2.24, 2.45) is 5.41 Å². The molecular formula is C25H30N7O9P. The molecule has 3 aromatic rings. The first-order valence-corrected chi connectivity index (χ1v) is 14.1. The van der Waals surface area contributed by atoms with Crippen LogP contribution in [-0.2, 0) is 28.1 Å². The van der Waals surface area contributed by atoms with E-state index in [1.165, 1.54) is 46.7 Å². The molecule has 3 N–H and O–H groups in total. The van der Waals surface area contributed by atoms with E-state index in [0.717, 1.165) is 0 Å². The van der Waals surface area contributed by atoms with Crippen LogP contribution in [0.3, 0.4) is 0 Å². The Bertz CT molecular complexity index is 1580. The van der Waals surface area contributed by atoms with Crippen molar-refractivity contribution < 1.29 is 42.1 Å². The first-order valence-electron chi connectivity index (χ1n) is 12.6. The molecule has 1 aliphatic rings. The maximum atomic E-state index is 14.0. The van der Waals surface area contributed by atoms with Crippen molar-refractivity contribution in [2.75, 3.05) is 33.7 Å². The van der Waals surface area contributed by atoms with Crippen LogP contribution in [0.15, 0.2) is 30.6 Å². The van der Waals surface area contributed by atoms with Crippen molar-refractivity contribution in [1.29, 1.82) is 5.26 Å². The first-order chi connectivity index (χ1) is 20.0. The van der Waals surface area contributed by atoms with Crippen molar-refractivity contribution >= 4 is 36.8 Å². The van der Waals surface area contributed by atoms with Gasteiger partial charge in [-0.25, -0.2) is 14.3 Å². The Morgan fingerprint density at radius 1 is 1.29 bits per heavy atom. The first kappa shape index (κ1) is 30.7. The maximum Gasteiger partial charge on any atom is 0.459 e. The molecule has 0 spiro atoms. The number of nitriles is 1. The van der Waals surface area contributed by atoms with Crippen LogP contribution in [-0.4, -0.2) is 71.5 Å². The number of rotatable bonds is 11. The number of nitrogen functional groups attached to an aromatic ring is 1. The molecule has 4 unspecified atom stereocenters. The fourth-order valence-electron chi connectivity index (χ4n) is 4.44. The smallest absolute Gasteiger partial charge is 0.459 e. The highest BCUT2D eigenvalue weighted by Gasteiger charge is 2.48. The molecule has 0 bridgehead atoms. The normalized spacial score (nSPS) is 22.1. The Morgan fingerprint density at radius 3 is 2.69 bits per heavy atom. The summed E-state index contributed by atoms with van der Waals surface area (Å²) in [6, 6.07) is 7.09. The van der Waals surface area contributed by atoms with E-state index in [4.69, 9.17) is 33.7 Å². The lowest BCUT2D eigenvalue weighted by molar-refractivity contribution is -0.142. The number of methoxy groups -OCH3 is 3. The van der Waals surface area contributed by atoms with Crippen LogP contribution >= 0.6 is 7.75 Å². The highest BCUT2D eigenvalue weighted by Crippen LogP contribution is 2.50. The minimum absolute atomic E-state index is 0.0192. The van der Waals surface area contributed by atoms with Crippen molar-refractivity contribution in [1.82, 2.24) is 24.6 Å². The Kier molecular flexibility index (Phi) is 8.97. The summed E-state index contributed by atoms with van der Waals surface area (Å²) in [6.45, 7) is 2.75. The molecule has 0 radical (unpaired) electrons. The fourth-order valence-corrected chi connectivity index (χ4v) is 5.98. The Hall–Kier alpha value is -4.29. The predicted molar refractivity (Wildman–Crippen MR) is 145 cm³/mol. The lowest BCUT2D eigenvalue weighted by atomic mass is 9.87. The number of hydrogen-bond acceptors (Lipinski definition) is 14. The topological polar surface area (TPSA) is 212 Å². The third-order valence-corrected chi connectivity index (χ3v) is 8.10. The van der Waals surface area contributed by atoms with Crippen LogP contribution in [0.4, 0.5) is 5.95 Å². The number of nitrogens with one attached hydrogen (secondary N) is 1. The lowest BCUT2D eigenvalue weighted by Gasteiger charge is -2.24. The van der Waals surface area contributed by atoms with Gasteiger partial charge in [-0.2, -0.15) is 20.3 Å². The monoisotopic (exact) mass is 603 g/mol. The summed E-state index contributed by atoms with van der Waals surface area (Å²) in [5.74, 6) is -1.49. The Balaban J connectivity index is 1.61. The van der Waals surface area contributed by atoms with Crippen molar-refractivity contribution in [3.8, 4) is 17.7 Å². The summed E-state index contributed by atoms with van der Waals surface area (Å²) in [5.41, 5.74) is 5.32. The lowest BCUT2D eigenvalue weighted by Crippen LogP contribution is -2.35. The number of imidazole rings is 1. The van der Waals surface area contributed by atoms with E-state index in [9.17, 15) is 19.4 Å². The molecule has 5 atom stereocenters. The van der Waals surface area contributed by atoms with Gasteiger partial charge in [-0.1, -0.05) is 12.1 Å². The second-order valence-corrected chi connectivity index (χ2v) is 11.2. The molecule has 1 aromatic carbocycles. The SMILES string of the molecule is COC(=O)c1ccccc1OP(=O)(N[C@@H](C)C(=O)OC)OCC1CC(C)(C#N)C(n2cnc3c(OC)nc(N)nc32)O1. The number of carbonyl (C=O) groups is 2. The second kappa shape index (κ2) is 12.3. The number of esters is 2. The van der Waals surface area contributed by atoms with Gasteiger partial charge in [0.15, 0.2) is 17.4 Å². The number of benzene rings is 1. The molecule has 1 fully saturated rings. The Morgan fingerprint density at radius 2 is 2.02 bits per heavy atom. The molecule has 17 heteroatoms. The van der Waals surface area contributed by atoms with Gasteiger partial charge in [0, 0.05) is 0 Å². The number of carbonyl (C=O) groups excluding carboxylic acids is 2. The minimum Gasteiger partial charge on any atom is -0.479 e. The summed E-state index contributed by atoms with van der Waals surface area (Å²) in [6.07, 6.45) is -0.0949. The van der Waals surface area contributed by atoms with E-state index in [1.807, 2.05) is 0 Å². The molecule has 1 aliphatic heterocycles. The van der Waals surface area contributed by atoms with Crippen molar-refractivity contribution in [3.05, 3.63) is 36.2 Å². The molecule has 0 saturated carbocycles. The van der Waals surface area contributed by atoms with Gasteiger partial charge in [-0.05, 0) is 32.4 Å². The summed E-state index contributed by atoms with van der Waals surface area (Å²) >= 11 is 0. The van der Waals surface area contributed by atoms with Crippen LogP contribution in [0.5, 0.6) is 11.6 Å². The number of ether oxygens (including phenoxy) is 4. The van der Waals surface area contributed by atoms with E-state index in [0.29, 0.717) is 5.52 Å². The van der Waals surface area contributed by atoms with Gasteiger partial charge in [0.25, 0.3) is 0 Å². The van der Waals surface area contributed by atoms with Crippen LogP contribution in [0.25, 0.3) is 11.2 Å². The predicted octanol–water partition coefficient (Wildman–Crippen LogP) is 2.38. The molecule has 16 nitrogen and oxygen atoms in total. The summed E-state index contributed by atoms with van der Waals surface area (Å²) in [7, 11) is -0.603. The molecular weight excluding hydrogens is 573 g/mol. The quantitative estimate of drug-likeness (QED) is 0.238. The molecule has 224 valence electrons. The number of nitrogens with zero attached hydrogens (tertiary/aromatic N) is 5. The zero-order chi connectivity index (χ0) is 30.7. The summed E-state index contributed by atoms with van der Waals surface area (Å²) in [5, 5.41) is 12.6. The van der Waals surface area contributed by atoms with Crippen LogP contribution in [0.2, 0.25) is 0 Å². The van der Waals surface area contributed by atoms with Crippen LogP contribution in [0, 0.1) is 16.7 Å². The number of fused-ring (bicyclic) bond motifs is 1. The van der Waals surface area contributed by atoms with Crippen molar-refractivity contribution in [2.45, 2.75) is 38.6 Å².